The third-order valence-corrected chi connectivity index (χ3v) is 4.34. The number of ether oxygens (including phenoxy) is 2. The van der Waals surface area contributed by atoms with Gasteiger partial charge in [-0.2, -0.15) is 0 Å². The number of amides is 2. The Morgan fingerprint density at radius 2 is 1.89 bits per heavy atom. The molecule has 0 aromatic heterocycles. The van der Waals surface area contributed by atoms with Crippen molar-refractivity contribution in [2.45, 2.75) is 18.9 Å². The van der Waals surface area contributed by atoms with Crippen LogP contribution < -0.4 is 20.1 Å². The van der Waals surface area contributed by atoms with E-state index >= 15 is 0 Å². The van der Waals surface area contributed by atoms with Gasteiger partial charge >= 0.3 is 11.8 Å². The molecule has 1 atom stereocenters. The largest absolute Gasteiger partial charge is 0.493 e. The van der Waals surface area contributed by atoms with E-state index in [0.29, 0.717) is 42.4 Å². The Balaban J connectivity index is 1.64. The summed E-state index contributed by atoms with van der Waals surface area (Å²) in [6.45, 7) is 2.51. The molecule has 142 valence electrons. The molecule has 0 bridgehead atoms. The van der Waals surface area contributed by atoms with Gasteiger partial charge in [0.2, 0.25) is 0 Å². The lowest BCUT2D eigenvalue weighted by molar-refractivity contribution is -0.137. The van der Waals surface area contributed by atoms with Gasteiger partial charge in [0.1, 0.15) is 17.1 Å². The van der Waals surface area contributed by atoms with Crippen LogP contribution in [0.2, 0.25) is 0 Å². The Morgan fingerprint density at radius 3 is 2.70 bits per heavy atom. The molecule has 0 radical (unpaired) electrons. The number of para-hydroxylation sites is 3. The molecule has 2 aromatic rings. The average Bonchev–Trinajstić information content (AvgIpc) is 2.68. The minimum absolute atomic E-state index is 0.0905. The van der Waals surface area contributed by atoms with E-state index in [2.05, 4.69) is 10.6 Å². The molecule has 1 heterocycles. The molecule has 1 aliphatic rings. The maximum absolute atomic E-state index is 12.2. The molecule has 0 aliphatic carbocycles. The van der Waals surface area contributed by atoms with Crippen LogP contribution in [-0.4, -0.2) is 36.7 Å². The zero-order valence-electron chi connectivity index (χ0n) is 15.0. The molecule has 3 N–H and O–H groups in total. The summed E-state index contributed by atoms with van der Waals surface area (Å²) in [7, 11) is 0. The van der Waals surface area contributed by atoms with Gasteiger partial charge in [-0.3, -0.25) is 9.59 Å². The first-order valence-electron chi connectivity index (χ1n) is 8.79. The molecular weight excluding hydrogens is 348 g/mol. The third-order valence-electron chi connectivity index (χ3n) is 4.34. The minimum atomic E-state index is -1.28. The van der Waals surface area contributed by atoms with Gasteiger partial charge in [-0.1, -0.05) is 30.3 Å². The summed E-state index contributed by atoms with van der Waals surface area (Å²) in [5.74, 6) is -0.599. The molecular formula is C20H22N2O5. The lowest BCUT2D eigenvalue weighted by Crippen LogP contribution is -2.46. The normalized spacial score (nSPS) is 18.0. The average molecular weight is 370 g/mol. The van der Waals surface area contributed by atoms with E-state index in [0.717, 1.165) is 0 Å². The lowest BCUT2D eigenvalue weighted by Gasteiger charge is -2.34. The summed E-state index contributed by atoms with van der Waals surface area (Å²) >= 11 is 0. The summed E-state index contributed by atoms with van der Waals surface area (Å²) in [6, 6.07) is 14.0. The Hall–Kier alpha value is -3.06. The third kappa shape index (κ3) is 4.20. The maximum atomic E-state index is 12.2. The molecule has 7 heteroatoms. The molecule has 1 aliphatic heterocycles. The van der Waals surface area contributed by atoms with Crippen molar-refractivity contribution in [3.63, 3.8) is 0 Å². The Kier molecular flexibility index (Phi) is 5.61. The van der Waals surface area contributed by atoms with E-state index < -0.39 is 17.4 Å². The molecule has 2 amide bonds. The molecule has 7 nitrogen and oxygen atoms in total. The first-order chi connectivity index (χ1) is 13.0. The van der Waals surface area contributed by atoms with Crippen molar-refractivity contribution in [2.24, 2.45) is 0 Å². The predicted molar refractivity (Wildman–Crippen MR) is 99.7 cm³/mol. The Labute approximate surface area is 157 Å². The monoisotopic (exact) mass is 370 g/mol. The molecule has 0 spiro atoms. The summed E-state index contributed by atoms with van der Waals surface area (Å²) in [5, 5.41) is 16.0. The van der Waals surface area contributed by atoms with Crippen molar-refractivity contribution in [3.8, 4) is 11.5 Å². The first-order valence-corrected chi connectivity index (χ1v) is 8.79. The van der Waals surface area contributed by atoms with Crippen LogP contribution in [0, 0.1) is 0 Å². The van der Waals surface area contributed by atoms with Gasteiger partial charge < -0.3 is 25.2 Å². The highest BCUT2D eigenvalue weighted by atomic mass is 16.5. The standard InChI is InChI=1S/C20H22N2O5/c1-2-26-17-10-6-4-8-15(17)22-19(24)18(23)21-13-20(25)11-12-27-16-9-5-3-7-14(16)20/h3-10,25H,2,11-13H2,1H3,(H,21,23)(H,22,24). The van der Waals surface area contributed by atoms with Gasteiger partial charge in [-0.25, -0.2) is 0 Å². The number of benzene rings is 2. The lowest BCUT2D eigenvalue weighted by atomic mass is 9.88. The molecule has 0 saturated heterocycles. The van der Waals surface area contributed by atoms with Crippen LogP contribution in [-0.2, 0) is 15.2 Å². The Bertz CT molecular complexity index is 839. The molecule has 1 unspecified atom stereocenters. The number of carbonyl (C=O) groups is 2. The summed E-state index contributed by atoms with van der Waals surface area (Å²) in [4.78, 5) is 24.4. The zero-order valence-corrected chi connectivity index (χ0v) is 15.0. The van der Waals surface area contributed by atoms with Gasteiger partial charge in [0, 0.05) is 12.0 Å². The van der Waals surface area contributed by atoms with Gasteiger partial charge in [0.25, 0.3) is 0 Å². The molecule has 0 fully saturated rings. The van der Waals surface area contributed by atoms with Crippen molar-refractivity contribution in [2.75, 3.05) is 25.1 Å². The van der Waals surface area contributed by atoms with Crippen LogP contribution in [0.1, 0.15) is 18.9 Å². The van der Waals surface area contributed by atoms with E-state index in [4.69, 9.17) is 9.47 Å². The van der Waals surface area contributed by atoms with Crippen LogP contribution in [0.5, 0.6) is 11.5 Å². The number of anilines is 1. The maximum Gasteiger partial charge on any atom is 0.313 e. The number of hydrogen-bond donors (Lipinski definition) is 3. The van der Waals surface area contributed by atoms with E-state index in [1.165, 1.54) is 0 Å². The highest BCUT2D eigenvalue weighted by Crippen LogP contribution is 2.36. The molecule has 2 aromatic carbocycles. The second-order valence-electron chi connectivity index (χ2n) is 6.19. The fraction of sp³-hybridized carbons (Fsp3) is 0.300. The predicted octanol–water partition coefficient (Wildman–Crippen LogP) is 1.81. The number of carbonyl (C=O) groups excluding carboxylic acids is 2. The van der Waals surface area contributed by atoms with E-state index in [-0.39, 0.29) is 6.54 Å². The number of aliphatic hydroxyl groups is 1. The molecule has 27 heavy (non-hydrogen) atoms. The van der Waals surface area contributed by atoms with Gasteiger partial charge in [0.05, 0.1) is 25.4 Å². The van der Waals surface area contributed by atoms with Crippen molar-refractivity contribution in [1.82, 2.24) is 5.32 Å². The number of rotatable bonds is 5. The van der Waals surface area contributed by atoms with Crippen molar-refractivity contribution >= 4 is 17.5 Å². The number of nitrogens with one attached hydrogen (secondary N) is 2. The highest BCUT2D eigenvalue weighted by Gasteiger charge is 2.36. The van der Waals surface area contributed by atoms with Crippen LogP contribution in [0.3, 0.4) is 0 Å². The van der Waals surface area contributed by atoms with E-state index in [9.17, 15) is 14.7 Å². The second kappa shape index (κ2) is 8.09. The van der Waals surface area contributed by atoms with Gasteiger partial charge in [0.15, 0.2) is 0 Å². The quantitative estimate of drug-likeness (QED) is 0.698. The van der Waals surface area contributed by atoms with Crippen LogP contribution in [0.4, 0.5) is 5.69 Å². The van der Waals surface area contributed by atoms with Crippen molar-refractivity contribution in [1.29, 1.82) is 0 Å². The van der Waals surface area contributed by atoms with Crippen LogP contribution >= 0.6 is 0 Å². The van der Waals surface area contributed by atoms with Crippen molar-refractivity contribution < 1.29 is 24.2 Å². The van der Waals surface area contributed by atoms with Crippen molar-refractivity contribution in [3.05, 3.63) is 54.1 Å². The SMILES string of the molecule is CCOc1ccccc1NC(=O)C(=O)NCC1(O)CCOc2ccccc21. The Morgan fingerprint density at radius 1 is 1.15 bits per heavy atom. The highest BCUT2D eigenvalue weighted by molar-refractivity contribution is 6.39. The zero-order chi connectivity index (χ0) is 19.3. The molecule has 0 saturated carbocycles. The van der Waals surface area contributed by atoms with E-state index in [1.54, 1.807) is 42.5 Å². The minimum Gasteiger partial charge on any atom is -0.493 e. The van der Waals surface area contributed by atoms with E-state index in [1.807, 2.05) is 13.0 Å². The molecule has 3 rings (SSSR count). The van der Waals surface area contributed by atoms with Gasteiger partial charge in [-0.05, 0) is 25.1 Å². The van der Waals surface area contributed by atoms with Crippen LogP contribution in [0.25, 0.3) is 0 Å². The van der Waals surface area contributed by atoms with Gasteiger partial charge in [-0.15, -0.1) is 0 Å². The fourth-order valence-electron chi connectivity index (χ4n) is 2.96. The number of fused-ring (bicyclic) bond motifs is 1. The topological polar surface area (TPSA) is 96.9 Å². The summed E-state index contributed by atoms with van der Waals surface area (Å²) in [6.07, 6.45) is 0.319. The van der Waals surface area contributed by atoms with Crippen LogP contribution in [0.15, 0.2) is 48.5 Å². The number of hydrogen-bond acceptors (Lipinski definition) is 5. The summed E-state index contributed by atoms with van der Waals surface area (Å²) in [5.41, 5.74) is -0.276. The summed E-state index contributed by atoms with van der Waals surface area (Å²) < 4.78 is 10.9. The smallest absolute Gasteiger partial charge is 0.313 e. The second-order valence-corrected chi connectivity index (χ2v) is 6.19. The first kappa shape index (κ1) is 18.7. The fourth-order valence-corrected chi connectivity index (χ4v) is 2.96.